The van der Waals surface area contributed by atoms with Gasteiger partial charge in [0.05, 0.1) is 27.6 Å². The van der Waals surface area contributed by atoms with Crippen molar-refractivity contribution in [2.75, 3.05) is 5.32 Å². The Kier molecular flexibility index (Phi) is 5.16. The molecule has 142 valence electrons. The minimum absolute atomic E-state index is 0.0431. The van der Waals surface area contributed by atoms with Crippen molar-refractivity contribution in [2.45, 2.75) is 44.8 Å². The maximum Gasteiger partial charge on any atom is 0.146 e. The van der Waals surface area contributed by atoms with E-state index in [-0.39, 0.29) is 18.0 Å². The van der Waals surface area contributed by atoms with Gasteiger partial charge in [0.2, 0.25) is 0 Å². The molecule has 0 atom stereocenters. The third-order valence-corrected chi connectivity index (χ3v) is 6.31. The fraction of sp³-hybridized carbons (Fsp3) is 0.368. The second kappa shape index (κ2) is 7.58. The summed E-state index contributed by atoms with van der Waals surface area (Å²) in [6, 6.07) is 4.39. The van der Waals surface area contributed by atoms with Gasteiger partial charge in [-0.05, 0) is 50.3 Å². The molecule has 27 heavy (non-hydrogen) atoms. The van der Waals surface area contributed by atoms with Gasteiger partial charge in [-0.3, -0.25) is 0 Å². The smallest absolute Gasteiger partial charge is 0.146 e. The summed E-state index contributed by atoms with van der Waals surface area (Å²) in [5.41, 5.74) is 1.54. The van der Waals surface area contributed by atoms with E-state index >= 15 is 0 Å². The molecule has 2 N–H and O–H groups in total. The Bertz CT molecular complexity index is 973. The normalized spacial score (nSPS) is 20.0. The quantitative estimate of drug-likeness (QED) is 0.620. The molecular formula is C19H19ClFN3O2S. The Balaban J connectivity index is 1.65. The van der Waals surface area contributed by atoms with E-state index in [0.717, 1.165) is 28.6 Å². The molecule has 4 rings (SSSR count). The predicted molar refractivity (Wildman–Crippen MR) is 106 cm³/mol. The number of anilines is 2. The summed E-state index contributed by atoms with van der Waals surface area (Å²) in [7, 11) is 0. The first-order valence-corrected chi connectivity index (χ1v) is 10.0. The molecule has 0 spiro atoms. The number of halogens is 2. The van der Waals surface area contributed by atoms with Crippen molar-refractivity contribution in [3.8, 4) is 5.75 Å². The van der Waals surface area contributed by atoms with Crippen LogP contribution in [0.3, 0.4) is 0 Å². The van der Waals surface area contributed by atoms with E-state index < -0.39 is 0 Å². The first-order valence-electron chi connectivity index (χ1n) is 8.82. The van der Waals surface area contributed by atoms with Crippen molar-refractivity contribution in [3.63, 3.8) is 0 Å². The molecule has 2 aromatic heterocycles. The van der Waals surface area contributed by atoms with Gasteiger partial charge in [-0.2, -0.15) is 0 Å². The molecule has 1 aliphatic carbocycles. The summed E-state index contributed by atoms with van der Waals surface area (Å²) >= 11 is 7.65. The highest BCUT2D eigenvalue weighted by Gasteiger charge is 2.22. The lowest BCUT2D eigenvalue weighted by atomic mass is 9.95. The van der Waals surface area contributed by atoms with E-state index in [1.54, 1.807) is 6.07 Å². The average Bonchev–Trinajstić information content (AvgIpc) is 2.94. The molecule has 1 saturated carbocycles. The van der Waals surface area contributed by atoms with Gasteiger partial charge in [0, 0.05) is 6.07 Å². The van der Waals surface area contributed by atoms with Crippen molar-refractivity contribution in [3.05, 3.63) is 40.2 Å². The molecule has 0 bridgehead atoms. The lowest BCUT2D eigenvalue weighted by Gasteiger charge is -2.27. The number of benzene rings is 1. The minimum Gasteiger partial charge on any atom is -0.488 e. The molecular weight excluding hydrogens is 389 g/mol. The number of thiophene rings is 1. The summed E-state index contributed by atoms with van der Waals surface area (Å²) in [6.45, 7) is 1.92. The second-order valence-corrected chi connectivity index (χ2v) is 8.32. The SMILES string of the molecule is Cc1c(Cl)sc2ncnc(Nc3ccc(F)cc3O[C@H]3CC[C@H](O)CC3)c12. The van der Waals surface area contributed by atoms with Gasteiger partial charge in [-0.25, -0.2) is 14.4 Å². The van der Waals surface area contributed by atoms with Crippen LogP contribution < -0.4 is 10.1 Å². The first kappa shape index (κ1) is 18.4. The fourth-order valence-electron chi connectivity index (χ4n) is 3.31. The highest BCUT2D eigenvalue weighted by atomic mass is 35.5. The Labute approximate surface area is 165 Å². The van der Waals surface area contributed by atoms with E-state index in [1.165, 1.54) is 29.8 Å². The third-order valence-electron chi connectivity index (χ3n) is 4.80. The summed E-state index contributed by atoms with van der Waals surface area (Å²) in [4.78, 5) is 9.40. The maximum atomic E-state index is 13.8. The van der Waals surface area contributed by atoms with Crippen LogP contribution in [0.15, 0.2) is 24.5 Å². The molecule has 1 aliphatic rings. The van der Waals surface area contributed by atoms with Crippen LogP contribution in [0.2, 0.25) is 4.34 Å². The lowest BCUT2D eigenvalue weighted by Crippen LogP contribution is -2.26. The van der Waals surface area contributed by atoms with Gasteiger partial charge in [0.1, 0.15) is 28.5 Å². The fourth-order valence-corrected chi connectivity index (χ4v) is 4.50. The summed E-state index contributed by atoms with van der Waals surface area (Å²) < 4.78 is 20.6. The van der Waals surface area contributed by atoms with Crippen LogP contribution in [-0.2, 0) is 0 Å². The number of ether oxygens (including phenoxy) is 1. The highest BCUT2D eigenvalue weighted by molar-refractivity contribution is 7.22. The predicted octanol–water partition coefficient (Wildman–Crippen LogP) is 5.22. The zero-order valence-corrected chi connectivity index (χ0v) is 16.3. The summed E-state index contributed by atoms with van der Waals surface area (Å²) in [6.07, 6.45) is 4.05. The number of fused-ring (bicyclic) bond motifs is 1. The monoisotopic (exact) mass is 407 g/mol. The molecule has 5 nitrogen and oxygen atoms in total. The van der Waals surface area contributed by atoms with E-state index in [9.17, 15) is 9.50 Å². The largest absolute Gasteiger partial charge is 0.488 e. The van der Waals surface area contributed by atoms with Crippen LogP contribution in [0, 0.1) is 12.7 Å². The molecule has 0 amide bonds. The number of hydrogen-bond acceptors (Lipinski definition) is 6. The van der Waals surface area contributed by atoms with Crippen LogP contribution in [0.25, 0.3) is 10.2 Å². The van der Waals surface area contributed by atoms with Crippen LogP contribution >= 0.6 is 22.9 Å². The minimum atomic E-state index is -0.367. The van der Waals surface area contributed by atoms with E-state index in [2.05, 4.69) is 15.3 Å². The number of rotatable bonds is 4. The topological polar surface area (TPSA) is 67.3 Å². The van der Waals surface area contributed by atoms with Crippen LogP contribution in [0.4, 0.5) is 15.9 Å². The van der Waals surface area contributed by atoms with Crippen LogP contribution in [-0.4, -0.2) is 27.3 Å². The molecule has 0 unspecified atom stereocenters. The van der Waals surface area contributed by atoms with Gasteiger partial charge in [-0.15, -0.1) is 11.3 Å². The molecule has 3 aromatic rings. The highest BCUT2D eigenvalue weighted by Crippen LogP contribution is 2.39. The Morgan fingerprint density at radius 2 is 2.04 bits per heavy atom. The van der Waals surface area contributed by atoms with Crippen LogP contribution in [0.1, 0.15) is 31.2 Å². The zero-order chi connectivity index (χ0) is 19.0. The zero-order valence-electron chi connectivity index (χ0n) is 14.7. The van der Waals surface area contributed by atoms with Gasteiger partial charge in [0.25, 0.3) is 0 Å². The Morgan fingerprint density at radius 3 is 2.81 bits per heavy atom. The second-order valence-electron chi connectivity index (χ2n) is 6.72. The molecule has 0 aliphatic heterocycles. The van der Waals surface area contributed by atoms with Crippen molar-refractivity contribution in [1.82, 2.24) is 9.97 Å². The van der Waals surface area contributed by atoms with Crippen molar-refractivity contribution < 1.29 is 14.2 Å². The maximum absolute atomic E-state index is 13.8. The molecule has 1 aromatic carbocycles. The van der Waals surface area contributed by atoms with Crippen molar-refractivity contribution in [1.29, 1.82) is 0 Å². The number of aryl methyl sites for hydroxylation is 1. The summed E-state index contributed by atoms with van der Waals surface area (Å²) in [5, 5.41) is 13.8. The Morgan fingerprint density at radius 1 is 1.26 bits per heavy atom. The van der Waals surface area contributed by atoms with Crippen molar-refractivity contribution >= 4 is 44.7 Å². The van der Waals surface area contributed by atoms with Crippen LogP contribution in [0.5, 0.6) is 5.75 Å². The number of aromatic nitrogens is 2. The van der Waals surface area contributed by atoms with Gasteiger partial charge in [-0.1, -0.05) is 11.6 Å². The molecule has 0 saturated heterocycles. The standard InChI is InChI=1S/C19H19ClFN3O2S/c1-10-16-18(22-9-23-19(16)27-17(10)20)24-14-7-2-11(21)8-15(14)26-13-5-3-12(25)4-6-13/h2,7-9,12-13,25H,3-6H2,1H3,(H,22,23,24)/t12-,13-. The summed E-state index contributed by atoms with van der Waals surface area (Å²) in [5.74, 6) is 0.673. The molecule has 0 radical (unpaired) electrons. The number of hydrogen-bond donors (Lipinski definition) is 2. The van der Waals surface area contributed by atoms with Gasteiger partial charge in [0.15, 0.2) is 0 Å². The average molecular weight is 408 g/mol. The van der Waals surface area contributed by atoms with Crippen molar-refractivity contribution in [2.24, 2.45) is 0 Å². The van der Waals surface area contributed by atoms with Gasteiger partial charge < -0.3 is 15.2 Å². The van der Waals surface area contributed by atoms with E-state index in [4.69, 9.17) is 16.3 Å². The van der Waals surface area contributed by atoms with E-state index in [1.807, 2.05) is 6.92 Å². The van der Waals surface area contributed by atoms with E-state index in [0.29, 0.717) is 34.4 Å². The number of aliphatic hydroxyl groups excluding tert-OH is 1. The molecule has 2 heterocycles. The third kappa shape index (κ3) is 3.85. The molecule has 1 fully saturated rings. The number of nitrogens with one attached hydrogen (secondary N) is 1. The number of nitrogens with zero attached hydrogens (tertiary/aromatic N) is 2. The molecule has 8 heteroatoms. The number of aliphatic hydroxyl groups is 1. The first-order chi connectivity index (χ1) is 13.0. The van der Waals surface area contributed by atoms with Gasteiger partial charge >= 0.3 is 0 Å². The lowest BCUT2D eigenvalue weighted by molar-refractivity contribution is 0.0668. The Hall–Kier alpha value is -1.96.